The minimum Gasteiger partial charge on any atom is -0.397 e. The number of halogens is 3. The van der Waals surface area contributed by atoms with Gasteiger partial charge in [0.05, 0.1) is 16.9 Å². The molecule has 2 nitrogen and oxygen atoms in total. The van der Waals surface area contributed by atoms with Crippen molar-refractivity contribution in [1.82, 2.24) is 0 Å². The third-order valence-corrected chi connectivity index (χ3v) is 3.18. The van der Waals surface area contributed by atoms with Crippen molar-refractivity contribution >= 4 is 11.4 Å². The van der Waals surface area contributed by atoms with E-state index in [9.17, 15) is 13.2 Å². The summed E-state index contributed by atoms with van der Waals surface area (Å²) in [4.78, 5) is 0. The summed E-state index contributed by atoms with van der Waals surface area (Å²) in [7, 11) is 0. The molecule has 0 saturated heterocycles. The third-order valence-electron chi connectivity index (χ3n) is 3.18. The van der Waals surface area contributed by atoms with Gasteiger partial charge in [-0.25, -0.2) is 0 Å². The van der Waals surface area contributed by atoms with Gasteiger partial charge >= 0.3 is 6.18 Å². The average molecular weight is 244 g/mol. The highest BCUT2D eigenvalue weighted by Gasteiger charge is 2.30. The van der Waals surface area contributed by atoms with Crippen LogP contribution in [-0.4, -0.2) is 6.54 Å². The summed E-state index contributed by atoms with van der Waals surface area (Å²) in [6.45, 7) is 0.787. The zero-order chi connectivity index (χ0) is 12.5. The summed E-state index contributed by atoms with van der Waals surface area (Å²) in [5.41, 5.74) is 5.64. The van der Waals surface area contributed by atoms with Gasteiger partial charge in [0.1, 0.15) is 0 Å². The van der Waals surface area contributed by atoms with E-state index in [1.807, 2.05) is 0 Å². The summed E-state index contributed by atoms with van der Waals surface area (Å²) >= 11 is 0. The lowest BCUT2D eigenvalue weighted by Crippen LogP contribution is -2.21. The van der Waals surface area contributed by atoms with Crippen LogP contribution in [0.5, 0.6) is 0 Å². The maximum atomic E-state index is 12.4. The van der Waals surface area contributed by atoms with Crippen molar-refractivity contribution in [3.8, 4) is 0 Å². The molecule has 3 N–H and O–H groups in total. The molecule has 0 aromatic heterocycles. The van der Waals surface area contributed by atoms with Crippen molar-refractivity contribution in [2.75, 3.05) is 17.6 Å². The van der Waals surface area contributed by atoms with E-state index in [0.717, 1.165) is 18.7 Å². The Morgan fingerprint density at radius 3 is 2.47 bits per heavy atom. The number of nitrogens with two attached hydrogens (primary N) is 1. The maximum absolute atomic E-state index is 12.4. The van der Waals surface area contributed by atoms with Gasteiger partial charge in [-0.05, 0) is 37.0 Å². The van der Waals surface area contributed by atoms with Crippen molar-refractivity contribution in [2.45, 2.75) is 25.4 Å². The fraction of sp³-hybridized carbons (Fsp3) is 0.500. The Morgan fingerprint density at radius 1 is 1.29 bits per heavy atom. The summed E-state index contributed by atoms with van der Waals surface area (Å²) in [5.74, 6) is 0.636. The Balaban J connectivity index is 2.03. The number of anilines is 2. The first-order chi connectivity index (χ1) is 7.97. The minimum atomic E-state index is -4.33. The highest BCUT2D eigenvalue weighted by atomic mass is 19.4. The fourth-order valence-electron chi connectivity index (χ4n) is 1.85. The molecule has 1 aromatic carbocycles. The minimum absolute atomic E-state index is 0.152. The van der Waals surface area contributed by atoms with E-state index in [-0.39, 0.29) is 5.69 Å². The molecular weight excluding hydrogens is 229 g/mol. The lowest BCUT2D eigenvalue weighted by Gasteiger charge is -2.26. The number of nitrogen functional groups attached to an aromatic ring is 1. The molecule has 1 aliphatic rings. The van der Waals surface area contributed by atoms with Crippen LogP contribution in [0.15, 0.2) is 18.2 Å². The van der Waals surface area contributed by atoms with Gasteiger partial charge in [-0.1, -0.05) is 6.42 Å². The first-order valence-corrected chi connectivity index (χ1v) is 5.67. The van der Waals surface area contributed by atoms with Gasteiger partial charge in [-0.3, -0.25) is 0 Å². The first kappa shape index (κ1) is 12.1. The highest BCUT2D eigenvalue weighted by molar-refractivity contribution is 5.67. The molecule has 1 fully saturated rings. The van der Waals surface area contributed by atoms with E-state index in [0.29, 0.717) is 11.6 Å². The third kappa shape index (κ3) is 2.84. The Morgan fingerprint density at radius 2 is 2.00 bits per heavy atom. The maximum Gasteiger partial charge on any atom is 0.416 e. The van der Waals surface area contributed by atoms with Gasteiger partial charge in [-0.2, -0.15) is 13.2 Å². The molecule has 0 atom stereocenters. The standard InChI is InChI=1S/C12H15F3N2/c13-12(14,15)9-4-5-11(10(16)6-9)17-7-8-2-1-3-8/h4-6,8,17H,1-3,7,16H2. The van der Waals surface area contributed by atoms with Crippen LogP contribution in [0.1, 0.15) is 24.8 Å². The molecule has 0 aliphatic heterocycles. The second-order valence-electron chi connectivity index (χ2n) is 4.48. The molecule has 1 aliphatic carbocycles. The van der Waals surface area contributed by atoms with E-state index in [2.05, 4.69) is 5.32 Å². The van der Waals surface area contributed by atoms with Crippen molar-refractivity contribution in [1.29, 1.82) is 0 Å². The largest absolute Gasteiger partial charge is 0.416 e. The van der Waals surface area contributed by atoms with Crippen molar-refractivity contribution < 1.29 is 13.2 Å². The topological polar surface area (TPSA) is 38.0 Å². The number of hydrogen-bond donors (Lipinski definition) is 2. The Labute approximate surface area is 98.0 Å². The van der Waals surface area contributed by atoms with Gasteiger partial charge in [0.25, 0.3) is 0 Å². The molecular formula is C12H15F3N2. The quantitative estimate of drug-likeness (QED) is 0.798. The van der Waals surface area contributed by atoms with Crippen LogP contribution in [0.25, 0.3) is 0 Å². The lowest BCUT2D eigenvalue weighted by atomic mass is 9.85. The van der Waals surface area contributed by atoms with Crippen LogP contribution in [0.2, 0.25) is 0 Å². The van der Waals surface area contributed by atoms with Crippen molar-refractivity contribution in [3.05, 3.63) is 23.8 Å². The molecule has 1 aromatic rings. The fourth-order valence-corrected chi connectivity index (χ4v) is 1.85. The van der Waals surface area contributed by atoms with E-state index in [4.69, 9.17) is 5.73 Å². The normalized spacial score (nSPS) is 16.6. The Kier molecular flexibility index (Phi) is 3.17. The predicted molar refractivity (Wildman–Crippen MR) is 61.7 cm³/mol. The lowest BCUT2D eigenvalue weighted by molar-refractivity contribution is -0.137. The highest BCUT2D eigenvalue weighted by Crippen LogP contribution is 2.33. The molecule has 0 heterocycles. The van der Waals surface area contributed by atoms with E-state index in [1.165, 1.54) is 25.3 Å². The molecule has 5 heteroatoms. The van der Waals surface area contributed by atoms with Crippen LogP contribution in [0, 0.1) is 5.92 Å². The number of rotatable bonds is 3. The summed E-state index contributed by atoms with van der Waals surface area (Å²) in [6.07, 6.45) is -0.712. The molecule has 94 valence electrons. The van der Waals surface area contributed by atoms with Gasteiger partial charge < -0.3 is 11.1 Å². The van der Waals surface area contributed by atoms with E-state index in [1.54, 1.807) is 0 Å². The number of benzene rings is 1. The van der Waals surface area contributed by atoms with Crippen LogP contribution < -0.4 is 11.1 Å². The number of nitrogens with one attached hydrogen (secondary N) is 1. The van der Waals surface area contributed by atoms with Gasteiger partial charge in [0.15, 0.2) is 0 Å². The summed E-state index contributed by atoms with van der Waals surface area (Å²) < 4.78 is 37.2. The Bertz CT molecular complexity index is 397. The van der Waals surface area contributed by atoms with Crippen LogP contribution in [0.3, 0.4) is 0 Å². The predicted octanol–water partition coefficient (Wildman–Crippen LogP) is 3.50. The molecule has 0 amide bonds. The smallest absolute Gasteiger partial charge is 0.397 e. The monoisotopic (exact) mass is 244 g/mol. The van der Waals surface area contributed by atoms with E-state index < -0.39 is 11.7 Å². The second kappa shape index (κ2) is 4.47. The first-order valence-electron chi connectivity index (χ1n) is 5.67. The molecule has 17 heavy (non-hydrogen) atoms. The van der Waals surface area contributed by atoms with Crippen LogP contribution >= 0.6 is 0 Å². The van der Waals surface area contributed by atoms with Gasteiger partial charge in [0, 0.05) is 6.54 Å². The van der Waals surface area contributed by atoms with Crippen molar-refractivity contribution in [3.63, 3.8) is 0 Å². The second-order valence-corrected chi connectivity index (χ2v) is 4.48. The van der Waals surface area contributed by atoms with Crippen LogP contribution in [0.4, 0.5) is 24.5 Å². The molecule has 0 spiro atoms. The number of alkyl halides is 3. The van der Waals surface area contributed by atoms with Gasteiger partial charge in [-0.15, -0.1) is 0 Å². The molecule has 1 saturated carbocycles. The summed E-state index contributed by atoms with van der Waals surface area (Å²) in [5, 5.41) is 3.10. The number of hydrogen-bond acceptors (Lipinski definition) is 2. The molecule has 0 unspecified atom stereocenters. The SMILES string of the molecule is Nc1cc(C(F)(F)F)ccc1NCC1CCC1. The van der Waals surface area contributed by atoms with E-state index >= 15 is 0 Å². The Hall–Kier alpha value is -1.39. The summed E-state index contributed by atoms with van der Waals surface area (Å²) in [6, 6.07) is 3.43. The van der Waals surface area contributed by atoms with Crippen molar-refractivity contribution in [2.24, 2.45) is 5.92 Å². The van der Waals surface area contributed by atoms with Gasteiger partial charge in [0.2, 0.25) is 0 Å². The zero-order valence-electron chi connectivity index (χ0n) is 9.35. The molecule has 2 rings (SSSR count). The zero-order valence-corrected chi connectivity index (χ0v) is 9.35. The average Bonchev–Trinajstić information content (AvgIpc) is 2.16. The molecule has 0 bridgehead atoms. The van der Waals surface area contributed by atoms with Crippen LogP contribution in [-0.2, 0) is 6.18 Å². The molecule has 0 radical (unpaired) electrons.